The van der Waals surface area contributed by atoms with Crippen LogP contribution in [0.25, 0.3) is 60.2 Å². The Balaban J connectivity index is 1.57. The summed E-state index contributed by atoms with van der Waals surface area (Å²) in [7, 11) is 0. The van der Waals surface area contributed by atoms with E-state index < -0.39 is 0 Å². The molecule has 6 aromatic carbocycles. The van der Waals surface area contributed by atoms with Crippen LogP contribution in [0, 0.1) is 6.92 Å². The van der Waals surface area contributed by atoms with E-state index in [4.69, 9.17) is 0 Å². The van der Waals surface area contributed by atoms with Crippen LogP contribution in [-0.2, 0) is 0 Å². The zero-order chi connectivity index (χ0) is 22.6. The highest BCUT2D eigenvalue weighted by atomic mass is 15.0. The normalized spacial score (nSPS) is 11.7. The highest BCUT2D eigenvalue weighted by Gasteiger charge is 2.17. The zero-order valence-electron chi connectivity index (χ0n) is 19.0. The van der Waals surface area contributed by atoms with Crippen LogP contribution in [0.1, 0.15) is 5.56 Å². The lowest BCUT2D eigenvalue weighted by molar-refractivity contribution is 1.19. The standard InChI is InChI=1S/C33H23N/c1-22-10-12-23(13-11-22)24-14-18-27(19-15-24)34-31-21-17-25-6-2-4-8-28(25)32(31)30-20-16-26-7-3-5-9-29(26)33(30)34/h2-21H,1H3. The summed E-state index contributed by atoms with van der Waals surface area (Å²) < 4.78 is 2.44. The summed E-state index contributed by atoms with van der Waals surface area (Å²) in [6.07, 6.45) is 0. The maximum atomic E-state index is 2.44. The molecular weight excluding hydrogens is 410 g/mol. The van der Waals surface area contributed by atoms with Crippen LogP contribution < -0.4 is 0 Å². The molecule has 160 valence electrons. The molecule has 1 nitrogen and oxygen atoms in total. The smallest absolute Gasteiger partial charge is 0.0619 e. The summed E-state index contributed by atoms with van der Waals surface area (Å²) >= 11 is 0. The van der Waals surface area contributed by atoms with Crippen LogP contribution in [0.3, 0.4) is 0 Å². The molecule has 0 fully saturated rings. The Bertz CT molecular complexity index is 1840. The van der Waals surface area contributed by atoms with Gasteiger partial charge >= 0.3 is 0 Å². The number of benzene rings is 6. The largest absolute Gasteiger partial charge is 0.309 e. The lowest BCUT2D eigenvalue weighted by Crippen LogP contribution is -1.94. The van der Waals surface area contributed by atoms with E-state index in [1.807, 2.05) is 0 Å². The molecule has 0 saturated heterocycles. The molecule has 0 spiro atoms. The van der Waals surface area contributed by atoms with Crippen LogP contribution in [0.5, 0.6) is 0 Å². The van der Waals surface area contributed by atoms with E-state index in [1.165, 1.54) is 65.7 Å². The molecule has 0 atom stereocenters. The van der Waals surface area contributed by atoms with Gasteiger partial charge in [-0.15, -0.1) is 0 Å². The summed E-state index contributed by atoms with van der Waals surface area (Å²) in [5.41, 5.74) is 7.46. The number of fused-ring (bicyclic) bond motifs is 7. The summed E-state index contributed by atoms with van der Waals surface area (Å²) in [5.74, 6) is 0. The van der Waals surface area contributed by atoms with Gasteiger partial charge in [-0.2, -0.15) is 0 Å². The molecule has 0 saturated carbocycles. The molecule has 0 aliphatic carbocycles. The van der Waals surface area contributed by atoms with Crippen LogP contribution in [0.4, 0.5) is 0 Å². The van der Waals surface area contributed by atoms with E-state index in [-0.39, 0.29) is 0 Å². The van der Waals surface area contributed by atoms with Gasteiger partial charge in [-0.05, 0) is 52.4 Å². The van der Waals surface area contributed by atoms with Crippen molar-refractivity contribution in [1.82, 2.24) is 4.57 Å². The fraction of sp³-hybridized carbons (Fsp3) is 0.0303. The van der Waals surface area contributed by atoms with Crippen LogP contribution in [0.15, 0.2) is 121 Å². The molecule has 0 bridgehead atoms. The van der Waals surface area contributed by atoms with Gasteiger partial charge in [0, 0.05) is 21.8 Å². The van der Waals surface area contributed by atoms with Crippen molar-refractivity contribution in [2.45, 2.75) is 6.92 Å². The van der Waals surface area contributed by atoms with Crippen LogP contribution in [-0.4, -0.2) is 4.57 Å². The predicted molar refractivity (Wildman–Crippen MR) is 146 cm³/mol. The number of rotatable bonds is 2. The van der Waals surface area contributed by atoms with E-state index in [0.29, 0.717) is 0 Å². The fourth-order valence-corrected chi connectivity index (χ4v) is 5.36. The number of hydrogen-bond acceptors (Lipinski definition) is 0. The number of nitrogens with zero attached hydrogens (tertiary/aromatic N) is 1. The van der Waals surface area contributed by atoms with Crippen molar-refractivity contribution in [3.05, 3.63) is 127 Å². The average molecular weight is 434 g/mol. The summed E-state index contributed by atoms with van der Waals surface area (Å²) in [6, 6.07) is 44.2. The highest BCUT2D eigenvalue weighted by molar-refractivity contribution is 6.25. The predicted octanol–water partition coefficient (Wildman–Crippen LogP) is 9.07. The van der Waals surface area contributed by atoms with Gasteiger partial charge in [0.15, 0.2) is 0 Å². The minimum absolute atomic E-state index is 1.18. The molecule has 1 aromatic heterocycles. The van der Waals surface area contributed by atoms with Crippen LogP contribution >= 0.6 is 0 Å². The fourth-order valence-electron chi connectivity index (χ4n) is 5.36. The summed E-state index contributed by atoms with van der Waals surface area (Å²) in [6.45, 7) is 2.13. The van der Waals surface area contributed by atoms with Crippen molar-refractivity contribution in [1.29, 1.82) is 0 Å². The van der Waals surface area contributed by atoms with Crippen molar-refractivity contribution in [3.63, 3.8) is 0 Å². The average Bonchev–Trinajstić information content (AvgIpc) is 3.25. The third kappa shape index (κ3) is 2.80. The first-order chi connectivity index (χ1) is 16.8. The molecule has 7 aromatic rings. The number of aryl methyl sites for hydroxylation is 1. The van der Waals surface area contributed by atoms with Gasteiger partial charge in [0.25, 0.3) is 0 Å². The second kappa shape index (κ2) is 7.33. The minimum atomic E-state index is 1.18. The first kappa shape index (κ1) is 19.1. The van der Waals surface area contributed by atoms with Crippen LogP contribution in [0.2, 0.25) is 0 Å². The van der Waals surface area contributed by atoms with Crippen molar-refractivity contribution in [3.8, 4) is 16.8 Å². The molecule has 0 aliphatic rings. The third-order valence-electron chi connectivity index (χ3n) is 7.05. The van der Waals surface area contributed by atoms with Crippen molar-refractivity contribution in [2.75, 3.05) is 0 Å². The van der Waals surface area contributed by atoms with Gasteiger partial charge in [0.05, 0.1) is 11.0 Å². The molecule has 34 heavy (non-hydrogen) atoms. The number of aromatic nitrogens is 1. The Kier molecular flexibility index (Phi) is 4.13. The maximum Gasteiger partial charge on any atom is 0.0619 e. The van der Waals surface area contributed by atoms with Gasteiger partial charge in [-0.1, -0.05) is 109 Å². The van der Waals surface area contributed by atoms with Gasteiger partial charge in [0.1, 0.15) is 0 Å². The van der Waals surface area contributed by atoms with E-state index in [0.717, 1.165) is 0 Å². The topological polar surface area (TPSA) is 4.93 Å². The van der Waals surface area contributed by atoms with Gasteiger partial charge in [-0.3, -0.25) is 0 Å². The van der Waals surface area contributed by atoms with E-state index in [1.54, 1.807) is 0 Å². The summed E-state index contributed by atoms with van der Waals surface area (Å²) in [5, 5.41) is 7.74. The molecule has 0 N–H and O–H groups in total. The van der Waals surface area contributed by atoms with Crippen molar-refractivity contribution >= 4 is 43.4 Å². The Morgan fingerprint density at radius 1 is 0.471 bits per heavy atom. The quantitative estimate of drug-likeness (QED) is 0.256. The number of hydrogen-bond donors (Lipinski definition) is 0. The van der Waals surface area contributed by atoms with E-state index >= 15 is 0 Å². The molecule has 0 unspecified atom stereocenters. The lowest BCUT2D eigenvalue weighted by atomic mass is 10.0. The Morgan fingerprint density at radius 3 is 1.79 bits per heavy atom. The summed E-state index contributed by atoms with van der Waals surface area (Å²) in [4.78, 5) is 0. The molecule has 0 aliphatic heterocycles. The molecule has 1 heteroatoms. The first-order valence-corrected chi connectivity index (χ1v) is 11.8. The second-order valence-electron chi connectivity index (χ2n) is 9.11. The van der Waals surface area contributed by atoms with Gasteiger partial charge in [-0.25, -0.2) is 0 Å². The van der Waals surface area contributed by atoms with Crippen molar-refractivity contribution in [2.24, 2.45) is 0 Å². The Labute approximate surface area is 198 Å². The Hall–Kier alpha value is -4.36. The maximum absolute atomic E-state index is 2.44. The minimum Gasteiger partial charge on any atom is -0.309 e. The molecule has 0 amide bonds. The Morgan fingerprint density at radius 2 is 1.06 bits per heavy atom. The molecule has 1 heterocycles. The monoisotopic (exact) mass is 433 g/mol. The van der Waals surface area contributed by atoms with Gasteiger partial charge < -0.3 is 4.57 Å². The first-order valence-electron chi connectivity index (χ1n) is 11.8. The molecular formula is C33H23N. The molecule has 7 rings (SSSR count). The lowest BCUT2D eigenvalue weighted by Gasteiger charge is -2.11. The third-order valence-corrected chi connectivity index (χ3v) is 7.05. The zero-order valence-corrected chi connectivity index (χ0v) is 19.0. The van der Waals surface area contributed by atoms with Crippen molar-refractivity contribution < 1.29 is 0 Å². The second-order valence-corrected chi connectivity index (χ2v) is 9.11. The van der Waals surface area contributed by atoms with E-state index in [9.17, 15) is 0 Å². The molecule has 0 radical (unpaired) electrons. The van der Waals surface area contributed by atoms with Gasteiger partial charge in [0.2, 0.25) is 0 Å². The SMILES string of the molecule is Cc1ccc(-c2ccc(-n3c4ccc5ccccc5c4c4ccc5ccccc5c43)cc2)cc1. The highest BCUT2D eigenvalue weighted by Crippen LogP contribution is 2.40. The van der Waals surface area contributed by atoms with E-state index in [2.05, 4.69) is 133 Å².